The van der Waals surface area contributed by atoms with Gasteiger partial charge >= 0.3 is 0 Å². The van der Waals surface area contributed by atoms with Gasteiger partial charge in [0.25, 0.3) is 0 Å². The lowest BCUT2D eigenvalue weighted by atomic mass is 10.2. The van der Waals surface area contributed by atoms with Crippen LogP contribution in [-0.2, 0) is 11.2 Å². The molecule has 1 N–H and O–H groups in total. The van der Waals surface area contributed by atoms with Crippen molar-refractivity contribution in [1.29, 1.82) is 0 Å². The molecule has 0 fully saturated rings. The van der Waals surface area contributed by atoms with E-state index in [9.17, 15) is 4.79 Å². The van der Waals surface area contributed by atoms with Crippen LogP contribution in [0.5, 0.6) is 0 Å². The van der Waals surface area contributed by atoms with E-state index in [-0.39, 0.29) is 5.91 Å². The quantitative estimate of drug-likeness (QED) is 0.882. The molecule has 1 amide bonds. The fraction of sp³-hybridized carbons (Fsp3) is 0.182. The highest BCUT2D eigenvalue weighted by molar-refractivity contribution is 7.13. The summed E-state index contributed by atoms with van der Waals surface area (Å²) in [6.45, 7) is 1.90. The molecule has 0 saturated carbocycles. The Morgan fingerprint density at radius 3 is 2.81 bits per heavy atom. The third kappa shape index (κ3) is 2.87. The van der Waals surface area contributed by atoms with E-state index in [4.69, 9.17) is 0 Å². The lowest BCUT2D eigenvalue weighted by Crippen LogP contribution is -2.14. The van der Waals surface area contributed by atoms with Crippen LogP contribution >= 0.6 is 11.3 Å². The minimum absolute atomic E-state index is 0.0550. The molecule has 0 atom stereocenters. The second-order valence-electron chi connectivity index (χ2n) is 3.37. The van der Waals surface area contributed by atoms with Crippen LogP contribution in [0, 0.1) is 6.92 Å². The smallest absolute Gasteiger partial charge is 0.230 e. The first-order valence-corrected chi connectivity index (χ1v) is 5.73. The van der Waals surface area contributed by atoms with Crippen molar-refractivity contribution < 1.29 is 4.79 Å². The zero-order valence-corrected chi connectivity index (χ0v) is 9.62. The molecule has 82 valence electrons. The number of carbonyl (C=O) groups is 1. The van der Waals surface area contributed by atoms with Crippen molar-refractivity contribution in [3.63, 3.8) is 0 Å². The highest BCUT2D eigenvalue weighted by Crippen LogP contribution is 2.14. The number of carbonyl (C=O) groups excluding carboxylic acids is 1. The number of nitrogens with one attached hydrogen (secondary N) is 1. The predicted octanol–water partition coefficient (Wildman–Crippen LogP) is 2.03. The summed E-state index contributed by atoms with van der Waals surface area (Å²) in [6.07, 6.45) is 3.70. The molecule has 2 aromatic heterocycles. The molecule has 0 aliphatic heterocycles. The van der Waals surface area contributed by atoms with Gasteiger partial charge in [0.05, 0.1) is 12.1 Å². The molecule has 0 unspecified atom stereocenters. The molecule has 0 aromatic carbocycles. The Morgan fingerprint density at radius 2 is 2.19 bits per heavy atom. The summed E-state index contributed by atoms with van der Waals surface area (Å²) in [7, 11) is 0. The summed E-state index contributed by atoms with van der Waals surface area (Å²) in [4.78, 5) is 19.7. The average Bonchev–Trinajstić information content (AvgIpc) is 2.65. The van der Waals surface area contributed by atoms with Gasteiger partial charge < -0.3 is 5.32 Å². The standard InChI is InChI=1S/C11H11N3OS/c1-8-7-16-11(13-8)14-10(15)6-9-2-4-12-5-3-9/h2-5,7H,6H2,1H3,(H,13,14,15). The molecule has 2 aromatic rings. The lowest BCUT2D eigenvalue weighted by Gasteiger charge is -2.01. The number of pyridine rings is 1. The molecule has 0 saturated heterocycles. The van der Waals surface area contributed by atoms with Crippen molar-refractivity contribution in [2.75, 3.05) is 5.32 Å². The van der Waals surface area contributed by atoms with Crippen molar-refractivity contribution in [3.8, 4) is 0 Å². The molecule has 0 bridgehead atoms. The Morgan fingerprint density at radius 1 is 1.44 bits per heavy atom. The maximum absolute atomic E-state index is 11.6. The third-order valence-electron chi connectivity index (χ3n) is 1.98. The molecular formula is C11H11N3OS. The fourth-order valence-corrected chi connectivity index (χ4v) is 1.97. The number of aromatic nitrogens is 2. The fourth-order valence-electron chi connectivity index (χ4n) is 1.26. The summed E-state index contributed by atoms with van der Waals surface area (Å²) in [6, 6.07) is 3.65. The number of amides is 1. The zero-order chi connectivity index (χ0) is 11.4. The van der Waals surface area contributed by atoms with Gasteiger partial charge in [0, 0.05) is 17.8 Å². The van der Waals surface area contributed by atoms with E-state index in [0.29, 0.717) is 11.6 Å². The zero-order valence-electron chi connectivity index (χ0n) is 8.80. The number of thiazole rings is 1. The molecule has 0 spiro atoms. The van der Waals surface area contributed by atoms with E-state index in [0.717, 1.165) is 11.3 Å². The summed E-state index contributed by atoms with van der Waals surface area (Å²) in [5.74, 6) is -0.0550. The van der Waals surface area contributed by atoms with Gasteiger partial charge in [-0.1, -0.05) is 0 Å². The van der Waals surface area contributed by atoms with Crippen LogP contribution < -0.4 is 5.32 Å². The minimum Gasteiger partial charge on any atom is -0.302 e. The van der Waals surface area contributed by atoms with Gasteiger partial charge in [-0.15, -0.1) is 11.3 Å². The second kappa shape index (κ2) is 4.85. The summed E-state index contributed by atoms with van der Waals surface area (Å²) >= 11 is 1.43. The van der Waals surface area contributed by atoms with Gasteiger partial charge in [0.15, 0.2) is 5.13 Å². The highest BCUT2D eigenvalue weighted by Gasteiger charge is 2.05. The van der Waals surface area contributed by atoms with E-state index >= 15 is 0 Å². The second-order valence-corrected chi connectivity index (χ2v) is 4.23. The Balaban J connectivity index is 1.95. The Bertz CT molecular complexity index is 481. The molecule has 0 radical (unpaired) electrons. The highest BCUT2D eigenvalue weighted by atomic mass is 32.1. The van der Waals surface area contributed by atoms with Crippen LogP contribution in [0.25, 0.3) is 0 Å². The summed E-state index contributed by atoms with van der Waals surface area (Å²) in [5, 5.41) is 5.31. The molecule has 16 heavy (non-hydrogen) atoms. The van der Waals surface area contributed by atoms with Gasteiger partial charge in [-0.2, -0.15) is 0 Å². The van der Waals surface area contributed by atoms with Crippen LogP contribution in [0.15, 0.2) is 29.9 Å². The first-order valence-electron chi connectivity index (χ1n) is 4.85. The number of anilines is 1. The van der Waals surface area contributed by atoms with Gasteiger partial charge in [0.1, 0.15) is 0 Å². The number of hydrogen-bond acceptors (Lipinski definition) is 4. The Kier molecular flexibility index (Phi) is 3.26. The predicted molar refractivity (Wildman–Crippen MR) is 63.4 cm³/mol. The monoisotopic (exact) mass is 233 g/mol. The molecule has 2 rings (SSSR count). The van der Waals surface area contributed by atoms with Crippen LogP contribution in [0.1, 0.15) is 11.3 Å². The van der Waals surface area contributed by atoms with Crippen LogP contribution in [0.3, 0.4) is 0 Å². The van der Waals surface area contributed by atoms with Crippen molar-refractivity contribution in [3.05, 3.63) is 41.2 Å². The molecular weight excluding hydrogens is 222 g/mol. The average molecular weight is 233 g/mol. The summed E-state index contributed by atoms with van der Waals surface area (Å²) < 4.78 is 0. The summed E-state index contributed by atoms with van der Waals surface area (Å²) in [5.41, 5.74) is 1.87. The van der Waals surface area contributed by atoms with Gasteiger partial charge in [-0.3, -0.25) is 9.78 Å². The van der Waals surface area contributed by atoms with Gasteiger partial charge in [-0.25, -0.2) is 4.98 Å². The van der Waals surface area contributed by atoms with Crippen molar-refractivity contribution in [1.82, 2.24) is 9.97 Å². The van der Waals surface area contributed by atoms with E-state index in [1.165, 1.54) is 11.3 Å². The number of rotatable bonds is 3. The Labute approximate surface area is 97.4 Å². The first kappa shape index (κ1) is 10.8. The van der Waals surface area contributed by atoms with Crippen molar-refractivity contribution in [2.45, 2.75) is 13.3 Å². The molecule has 0 aliphatic carbocycles. The third-order valence-corrected chi connectivity index (χ3v) is 2.85. The Hall–Kier alpha value is -1.75. The SMILES string of the molecule is Cc1csc(NC(=O)Cc2ccncc2)n1. The number of hydrogen-bond donors (Lipinski definition) is 1. The molecule has 5 heteroatoms. The molecule has 2 heterocycles. The van der Waals surface area contributed by atoms with E-state index in [1.807, 2.05) is 24.4 Å². The van der Waals surface area contributed by atoms with Crippen LogP contribution in [0.4, 0.5) is 5.13 Å². The maximum atomic E-state index is 11.6. The molecule has 4 nitrogen and oxygen atoms in total. The van der Waals surface area contributed by atoms with E-state index in [1.54, 1.807) is 12.4 Å². The number of aryl methyl sites for hydroxylation is 1. The number of nitrogens with zero attached hydrogens (tertiary/aromatic N) is 2. The normalized spacial score (nSPS) is 10.1. The molecule has 0 aliphatic rings. The topological polar surface area (TPSA) is 54.9 Å². The van der Waals surface area contributed by atoms with Crippen LogP contribution in [-0.4, -0.2) is 15.9 Å². The first-order chi connectivity index (χ1) is 7.74. The van der Waals surface area contributed by atoms with Gasteiger partial charge in [0.2, 0.25) is 5.91 Å². The maximum Gasteiger partial charge on any atom is 0.230 e. The lowest BCUT2D eigenvalue weighted by molar-refractivity contribution is -0.115. The van der Waals surface area contributed by atoms with Crippen molar-refractivity contribution >= 4 is 22.4 Å². The largest absolute Gasteiger partial charge is 0.302 e. The van der Waals surface area contributed by atoms with Gasteiger partial charge in [-0.05, 0) is 24.6 Å². The van der Waals surface area contributed by atoms with E-state index < -0.39 is 0 Å². The minimum atomic E-state index is -0.0550. The van der Waals surface area contributed by atoms with E-state index in [2.05, 4.69) is 15.3 Å². The van der Waals surface area contributed by atoms with Crippen molar-refractivity contribution in [2.24, 2.45) is 0 Å². The van der Waals surface area contributed by atoms with Crippen LogP contribution in [0.2, 0.25) is 0 Å².